The SMILES string of the molecule is COCC1(c2noc(-c3cc(C)no3)n2)CCOCC1. The Balaban J connectivity index is 1.90. The summed E-state index contributed by atoms with van der Waals surface area (Å²) in [5.41, 5.74) is 0.529. The molecule has 0 radical (unpaired) electrons. The summed E-state index contributed by atoms with van der Waals surface area (Å²) in [4.78, 5) is 4.46. The van der Waals surface area contributed by atoms with Crippen LogP contribution in [0.3, 0.4) is 0 Å². The Kier molecular flexibility index (Phi) is 3.54. The highest BCUT2D eigenvalue weighted by Gasteiger charge is 2.39. The zero-order valence-corrected chi connectivity index (χ0v) is 11.6. The number of hydrogen-bond acceptors (Lipinski definition) is 7. The maximum absolute atomic E-state index is 5.42. The minimum Gasteiger partial charge on any atom is -0.384 e. The highest BCUT2D eigenvalue weighted by Crippen LogP contribution is 2.34. The molecule has 108 valence electrons. The van der Waals surface area contributed by atoms with E-state index in [-0.39, 0.29) is 5.41 Å². The summed E-state index contributed by atoms with van der Waals surface area (Å²) < 4.78 is 21.2. The van der Waals surface area contributed by atoms with Gasteiger partial charge in [0.05, 0.1) is 17.7 Å². The maximum Gasteiger partial charge on any atom is 0.296 e. The second-order valence-electron chi connectivity index (χ2n) is 5.08. The van der Waals surface area contributed by atoms with Crippen molar-refractivity contribution in [2.45, 2.75) is 25.2 Å². The van der Waals surface area contributed by atoms with Crippen molar-refractivity contribution in [2.75, 3.05) is 26.9 Å². The van der Waals surface area contributed by atoms with Crippen LogP contribution in [-0.4, -0.2) is 42.2 Å². The Morgan fingerprint density at radius 2 is 2.05 bits per heavy atom. The average molecular weight is 279 g/mol. The molecule has 2 aromatic rings. The van der Waals surface area contributed by atoms with Crippen molar-refractivity contribution in [1.29, 1.82) is 0 Å². The topological polar surface area (TPSA) is 83.4 Å². The molecular weight excluding hydrogens is 262 g/mol. The van der Waals surface area contributed by atoms with Crippen molar-refractivity contribution in [2.24, 2.45) is 0 Å². The molecule has 0 amide bonds. The molecule has 0 bridgehead atoms. The van der Waals surface area contributed by atoms with E-state index < -0.39 is 0 Å². The van der Waals surface area contributed by atoms with Crippen LogP contribution in [0.15, 0.2) is 15.1 Å². The predicted molar refractivity (Wildman–Crippen MR) is 68.1 cm³/mol. The van der Waals surface area contributed by atoms with Crippen molar-refractivity contribution >= 4 is 0 Å². The summed E-state index contributed by atoms with van der Waals surface area (Å²) in [6.45, 7) is 3.74. The molecule has 7 nitrogen and oxygen atoms in total. The lowest BCUT2D eigenvalue weighted by atomic mass is 9.80. The first-order valence-electron chi connectivity index (χ1n) is 6.58. The zero-order chi connectivity index (χ0) is 14.0. The van der Waals surface area contributed by atoms with Crippen molar-refractivity contribution in [1.82, 2.24) is 15.3 Å². The van der Waals surface area contributed by atoms with Crippen molar-refractivity contribution in [3.05, 3.63) is 17.6 Å². The van der Waals surface area contributed by atoms with Crippen LogP contribution in [0.4, 0.5) is 0 Å². The second-order valence-corrected chi connectivity index (χ2v) is 5.08. The number of aromatic nitrogens is 3. The van der Waals surface area contributed by atoms with Crippen LogP contribution in [0.1, 0.15) is 24.4 Å². The molecule has 1 aliphatic rings. The fourth-order valence-electron chi connectivity index (χ4n) is 2.47. The van der Waals surface area contributed by atoms with Gasteiger partial charge >= 0.3 is 0 Å². The van der Waals surface area contributed by atoms with E-state index >= 15 is 0 Å². The fraction of sp³-hybridized carbons (Fsp3) is 0.615. The van der Waals surface area contributed by atoms with Gasteiger partial charge in [0, 0.05) is 26.4 Å². The molecule has 3 heterocycles. The van der Waals surface area contributed by atoms with E-state index in [0.29, 0.717) is 37.3 Å². The molecule has 3 rings (SSSR count). The van der Waals surface area contributed by atoms with Crippen LogP contribution in [0, 0.1) is 6.92 Å². The van der Waals surface area contributed by atoms with E-state index in [4.69, 9.17) is 18.5 Å². The van der Waals surface area contributed by atoms with Crippen molar-refractivity contribution in [3.8, 4) is 11.7 Å². The van der Waals surface area contributed by atoms with Crippen molar-refractivity contribution < 1.29 is 18.5 Å². The van der Waals surface area contributed by atoms with Crippen LogP contribution in [0.25, 0.3) is 11.7 Å². The molecule has 0 atom stereocenters. The Labute approximate surface area is 116 Å². The normalized spacial score (nSPS) is 18.3. The highest BCUT2D eigenvalue weighted by atomic mass is 16.5. The number of hydrogen-bond donors (Lipinski definition) is 0. The number of methoxy groups -OCH3 is 1. The molecule has 0 N–H and O–H groups in total. The van der Waals surface area contributed by atoms with E-state index in [1.165, 1.54) is 0 Å². The molecule has 1 saturated heterocycles. The molecule has 0 unspecified atom stereocenters. The highest BCUT2D eigenvalue weighted by molar-refractivity contribution is 5.43. The minimum atomic E-state index is -0.246. The second kappa shape index (κ2) is 5.34. The average Bonchev–Trinajstić information content (AvgIpc) is 3.09. The fourth-order valence-corrected chi connectivity index (χ4v) is 2.47. The third-order valence-corrected chi connectivity index (χ3v) is 3.61. The van der Waals surface area contributed by atoms with Crippen LogP contribution >= 0.6 is 0 Å². The van der Waals surface area contributed by atoms with Gasteiger partial charge in [0.2, 0.25) is 5.76 Å². The summed E-state index contributed by atoms with van der Waals surface area (Å²) in [6.07, 6.45) is 1.63. The monoisotopic (exact) mass is 279 g/mol. The lowest BCUT2D eigenvalue weighted by Crippen LogP contribution is -2.39. The first-order valence-corrected chi connectivity index (χ1v) is 6.58. The molecule has 20 heavy (non-hydrogen) atoms. The first kappa shape index (κ1) is 13.3. The van der Waals surface area contributed by atoms with Gasteiger partial charge in [-0.1, -0.05) is 10.3 Å². The van der Waals surface area contributed by atoms with Gasteiger partial charge in [-0.3, -0.25) is 0 Å². The van der Waals surface area contributed by atoms with Crippen LogP contribution in [-0.2, 0) is 14.9 Å². The third-order valence-electron chi connectivity index (χ3n) is 3.61. The largest absolute Gasteiger partial charge is 0.384 e. The first-order chi connectivity index (χ1) is 9.73. The summed E-state index contributed by atoms with van der Waals surface area (Å²) in [5, 5.41) is 7.93. The number of aryl methyl sites for hydroxylation is 1. The standard InChI is InChI=1S/C13H17N3O4/c1-9-7-10(19-15-9)11-14-12(16-20-11)13(8-17-2)3-5-18-6-4-13/h7H,3-6,8H2,1-2H3. The Bertz CT molecular complexity index is 566. The summed E-state index contributed by atoms with van der Waals surface area (Å²) in [6, 6.07) is 1.77. The van der Waals surface area contributed by atoms with E-state index in [9.17, 15) is 0 Å². The van der Waals surface area contributed by atoms with Crippen molar-refractivity contribution in [3.63, 3.8) is 0 Å². The Morgan fingerprint density at radius 1 is 1.25 bits per heavy atom. The van der Waals surface area contributed by atoms with Gasteiger partial charge < -0.3 is 18.5 Å². The van der Waals surface area contributed by atoms with Gasteiger partial charge in [0.25, 0.3) is 5.89 Å². The number of nitrogens with zero attached hydrogens (tertiary/aromatic N) is 3. The Hall–Kier alpha value is -1.73. The third kappa shape index (κ3) is 2.34. The maximum atomic E-state index is 5.42. The zero-order valence-electron chi connectivity index (χ0n) is 11.6. The van der Waals surface area contributed by atoms with Gasteiger partial charge in [-0.2, -0.15) is 4.98 Å². The van der Waals surface area contributed by atoms with E-state index in [1.54, 1.807) is 13.2 Å². The van der Waals surface area contributed by atoms with Crippen LogP contribution < -0.4 is 0 Å². The van der Waals surface area contributed by atoms with Gasteiger partial charge in [-0.15, -0.1) is 0 Å². The lowest BCUT2D eigenvalue weighted by Gasteiger charge is -2.33. The van der Waals surface area contributed by atoms with E-state index in [0.717, 1.165) is 18.5 Å². The molecule has 0 spiro atoms. The molecule has 1 fully saturated rings. The molecule has 0 aromatic carbocycles. The smallest absolute Gasteiger partial charge is 0.296 e. The number of ether oxygens (including phenoxy) is 2. The van der Waals surface area contributed by atoms with Gasteiger partial charge in [0.1, 0.15) is 0 Å². The van der Waals surface area contributed by atoms with Gasteiger partial charge in [-0.05, 0) is 19.8 Å². The van der Waals surface area contributed by atoms with E-state index in [1.807, 2.05) is 6.92 Å². The molecule has 2 aromatic heterocycles. The quantitative estimate of drug-likeness (QED) is 0.842. The minimum absolute atomic E-state index is 0.246. The van der Waals surface area contributed by atoms with E-state index in [2.05, 4.69) is 15.3 Å². The molecular formula is C13H17N3O4. The summed E-state index contributed by atoms with van der Waals surface area (Å²) in [7, 11) is 1.68. The Morgan fingerprint density at radius 3 is 2.70 bits per heavy atom. The predicted octanol–water partition coefficient (Wildman–Crippen LogP) is 1.73. The summed E-state index contributed by atoms with van der Waals surface area (Å²) >= 11 is 0. The van der Waals surface area contributed by atoms with Gasteiger partial charge in [-0.25, -0.2) is 0 Å². The lowest BCUT2D eigenvalue weighted by molar-refractivity contribution is 0.00915. The number of rotatable bonds is 4. The molecule has 0 saturated carbocycles. The molecule has 0 aliphatic carbocycles. The van der Waals surface area contributed by atoms with Gasteiger partial charge in [0.15, 0.2) is 5.82 Å². The van der Waals surface area contributed by atoms with Crippen LogP contribution in [0.2, 0.25) is 0 Å². The molecule has 1 aliphatic heterocycles. The molecule has 7 heteroatoms. The van der Waals surface area contributed by atoms with Crippen LogP contribution in [0.5, 0.6) is 0 Å². The summed E-state index contributed by atoms with van der Waals surface area (Å²) in [5.74, 6) is 1.48.